The second kappa shape index (κ2) is 7.02. The minimum absolute atomic E-state index is 0.0327. The van der Waals surface area contributed by atoms with Crippen molar-refractivity contribution in [1.29, 1.82) is 0 Å². The Morgan fingerprint density at radius 3 is 2.82 bits per heavy atom. The molecule has 0 radical (unpaired) electrons. The summed E-state index contributed by atoms with van der Waals surface area (Å²) in [7, 11) is 1.61. The lowest BCUT2D eigenvalue weighted by Gasteiger charge is -2.12. The number of anilines is 1. The van der Waals surface area contributed by atoms with Gasteiger partial charge < -0.3 is 10.1 Å². The lowest BCUT2D eigenvalue weighted by Crippen LogP contribution is -2.14. The van der Waals surface area contributed by atoms with Crippen LogP contribution in [0.2, 0.25) is 0 Å². The van der Waals surface area contributed by atoms with Crippen LogP contribution < -0.4 is 10.1 Å². The monoisotopic (exact) mass is 303 g/mol. The molecule has 0 aliphatic rings. The Kier molecular flexibility index (Phi) is 5.08. The van der Waals surface area contributed by atoms with Crippen molar-refractivity contribution in [3.05, 3.63) is 29.6 Å². The van der Waals surface area contributed by atoms with E-state index in [-0.39, 0.29) is 5.82 Å². The summed E-state index contributed by atoms with van der Waals surface area (Å²) in [4.78, 5) is 13.2. The van der Waals surface area contributed by atoms with Crippen LogP contribution in [-0.4, -0.2) is 32.7 Å². The normalized spacial score (nSPS) is 10.8. The molecule has 1 N–H and O–H groups in total. The molecule has 2 aromatic rings. The molecule has 1 amide bonds. The molecule has 0 unspecified atom stereocenters. The molecule has 0 atom stereocenters. The average molecular weight is 303 g/mol. The summed E-state index contributed by atoms with van der Waals surface area (Å²) in [5.74, 6) is 0.993. The van der Waals surface area contributed by atoms with Crippen molar-refractivity contribution in [1.82, 2.24) is 20.2 Å². The van der Waals surface area contributed by atoms with Crippen molar-refractivity contribution in [3.8, 4) is 5.75 Å². The van der Waals surface area contributed by atoms with Gasteiger partial charge in [-0.3, -0.25) is 4.79 Å². The van der Waals surface area contributed by atoms with Crippen LogP contribution in [-0.2, 0) is 7.05 Å². The summed E-state index contributed by atoms with van der Waals surface area (Å²) >= 11 is 0. The van der Waals surface area contributed by atoms with E-state index in [2.05, 4.69) is 34.6 Å². The van der Waals surface area contributed by atoms with Crippen molar-refractivity contribution in [3.63, 3.8) is 0 Å². The molecule has 0 spiro atoms. The van der Waals surface area contributed by atoms with Crippen LogP contribution in [0.5, 0.6) is 5.75 Å². The maximum Gasteiger partial charge on any atom is 0.297 e. The van der Waals surface area contributed by atoms with Gasteiger partial charge in [-0.25, -0.2) is 0 Å². The largest absolute Gasteiger partial charge is 0.493 e. The van der Waals surface area contributed by atoms with Crippen molar-refractivity contribution in [2.45, 2.75) is 27.2 Å². The maximum absolute atomic E-state index is 12.0. The van der Waals surface area contributed by atoms with E-state index < -0.39 is 5.91 Å². The van der Waals surface area contributed by atoms with E-state index in [1.807, 2.05) is 25.1 Å². The van der Waals surface area contributed by atoms with Gasteiger partial charge in [-0.15, -0.1) is 10.2 Å². The lowest BCUT2D eigenvalue weighted by molar-refractivity contribution is 0.101. The molecule has 0 aliphatic carbocycles. The third-order valence-corrected chi connectivity index (χ3v) is 3.11. The molecule has 7 nitrogen and oxygen atoms in total. The minimum atomic E-state index is -0.398. The van der Waals surface area contributed by atoms with Crippen LogP contribution in [0.15, 0.2) is 18.2 Å². The predicted octanol–water partition coefficient (Wildman–Crippen LogP) is 2.20. The summed E-state index contributed by atoms with van der Waals surface area (Å²) in [5, 5.41) is 13.9. The SMILES string of the molecule is Cc1ccc(NC(=O)c2nnn(C)n2)cc1OCCC(C)C. The Morgan fingerprint density at radius 1 is 1.41 bits per heavy atom. The number of benzene rings is 1. The highest BCUT2D eigenvalue weighted by Crippen LogP contribution is 2.23. The fraction of sp³-hybridized carbons (Fsp3) is 0.467. The molecule has 1 aromatic heterocycles. The number of aryl methyl sites for hydroxylation is 2. The van der Waals surface area contributed by atoms with Crippen molar-refractivity contribution >= 4 is 11.6 Å². The molecule has 0 fully saturated rings. The molecule has 0 saturated carbocycles. The highest BCUT2D eigenvalue weighted by Gasteiger charge is 2.13. The highest BCUT2D eigenvalue weighted by molar-refractivity contribution is 6.01. The number of nitrogens with one attached hydrogen (secondary N) is 1. The van der Waals surface area contributed by atoms with Crippen LogP contribution in [0.4, 0.5) is 5.69 Å². The molecule has 118 valence electrons. The molecule has 7 heteroatoms. The molecular weight excluding hydrogens is 282 g/mol. The average Bonchev–Trinajstić information content (AvgIpc) is 2.88. The van der Waals surface area contributed by atoms with Gasteiger partial charge in [0.2, 0.25) is 0 Å². The standard InChI is InChI=1S/C15H21N5O2/c1-10(2)7-8-22-13-9-12(6-5-11(13)3)16-15(21)14-17-19-20(4)18-14/h5-6,9-10H,7-8H2,1-4H3,(H,16,21). The highest BCUT2D eigenvalue weighted by atomic mass is 16.5. The van der Waals surface area contributed by atoms with Gasteiger partial charge in [-0.1, -0.05) is 19.9 Å². The Morgan fingerprint density at radius 2 is 2.18 bits per heavy atom. The van der Waals surface area contributed by atoms with E-state index in [0.717, 1.165) is 17.7 Å². The third-order valence-electron chi connectivity index (χ3n) is 3.11. The number of carbonyl (C=O) groups is 1. The first-order valence-corrected chi connectivity index (χ1v) is 7.24. The summed E-state index contributed by atoms with van der Waals surface area (Å²) in [5.41, 5.74) is 1.67. The smallest absolute Gasteiger partial charge is 0.297 e. The van der Waals surface area contributed by atoms with Gasteiger partial charge in [-0.2, -0.15) is 4.80 Å². The number of hydrogen-bond acceptors (Lipinski definition) is 5. The van der Waals surface area contributed by atoms with Crippen molar-refractivity contribution in [2.75, 3.05) is 11.9 Å². The van der Waals surface area contributed by atoms with Gasteiger partial charge in [0.05, 0.1) is 13.7 Å². The number of ether oxygens (including phenoxy) is 1. The van der Waals surface area contributed by atoms with Gasteiger partial charge in [0.1, 0.15) is 5.75 Å². The molecule has 1 aromatic carbocycles. The van der Waals surface area contributed by atoms with Crippen molar-refractivity contribution in [2.24, 2.45) is 13.0 Å². The second-order valence-corrected chi connectivity index (χ2v) is 5.57. The van der Waals surface area contributed by atoms with E-state index in [4.69, 9.17) is 4.74 Å². The van der Waals surface area contributed by atoms with E-state index in [9.17, 15) is 4.79 Å². The fourth-order valence-corrected chi connectivity index (χ4v) is 1.80. The number of carbonyl (C=O) groups excluding carboxylic acids is 1. The number of aromatic nitrogens is 4. The number of nitrogens with zero attached hydrogens (tertiary/aromatic N) is 4. The first-order chi connectivity index (χ1) is 10.5. The van der Waals surface area contributed by atoms with Crippen LogP contribution in [0, 0.1) is 12.8 Å². The van der Waals surface area contributed by atoms with Gasteiger partial charge in [-0.05, 0) is 36.1 Å². The Bertz CT molecular complexity index is 651. The molecule has 2 rings (SSSR count). The number of amides is 1. The van der Waals surface area contributed by atoms with Crippen molar-refractivity contribution < 1.29 is 9.53 Å². The zero-order chi connectivity index (χ0) is 16.1. The van der Waals surface area contributed by atoms with Gasteiger partial charge in [0, 0.05) is 11.8 Å². The van der Waals surface area contributed by atoms with Gasteiger partial charge in [0.15, 0.2) is 0 Å². The van der Waals surface area contributed by atoms with E-state index >= 15 is 0 Å². The summed E-state index contributed by atoms with van der Waals surface area (Å²) < 4.78 is 5.78. The van der Waals surface area contributed by atoms with Crippen LogP contribution >= 0.6 is 0 Å². The van der Waals surface area contributed by atoms with E-state index in [1.165, 1.54) is 4.80 Å². The number of hydrogen-bond donors (Lipinski definition) is 1. The zero-order valence-electron chi connectivity index (χ0n) is 13.3. The fourth-order valence-electron chi connectivity index (χ4n) is 1.80. The van der Waals surface area contributed by atoms with Gasteiger partial charge in [0.25, 0.3) is 11.7 Å². The molecule has 1 heterocycles. The maximum atomic E-state index is 12.0. The van der Waals surface area contributed by atoms with Crippen LogP contribution in [0.3, 0.4) is 0 Å². The summed E-state index contributed by atoms with van der Waals surface area (Å²) in [6.45, 7) is 6.93. The van der Waals surface area contributed by atoms with Crippen LogP contribution in [0.25, 0.3) is 0 Å². The molecule has 0 saturated heterocycles. The molecule has 22 heavy (non-hydrogen) atoms. The molecule has 0 bridgehead atoms. The van der Waals surface area contributed by atoms with E-state index in [1.54, 1.807) is 7.05 Å². The lowest BCUT2D eigenvalue weighted by atomic mass is 10.1. The number of rotatable bonds is 6. The minimum Gasteiger partial charge on any atom is -0.493 e. The first-order valence-electron chi connectivity index (χ1n) is 7.24. The quantitative estimate of drug-likeness (QED) is 0.884. The number of tetrazole rings is 1. The molecular formula is C15H21N5O2. The Labute approximate surface area is 129 Å². The topological polar surface area (TPSA) is 81.9 Å². The summed E-state index contributed by atoms with van der Waals surface area (Å²) in [6.07, 6.45) is 0.986. The summed E-state index contributed by atoms with van der Waals surface area (Å²) in [6, 6.07) is 5.53. The first kappa shape index (κ1) is 15.9. The third kappa shape index (κ3) is 4.28. The predicted molar refractivity (Wildman–Crippen MR) is 82.9 cm³/mol. The van der Waals surface area contributed by atoms with Gasteiger partial charge >= 0.3 is 0 Å². The zero-order valence-corrected chi connectivity index (χ0v) is 13.3. The Hall–Kier alpha value is -2.44. The van der Waals surface area contributed by atoms with Crippen LogP contribution in [0.1, 0.15) is 36.5 Å². The van der Waals surface area contributed by atoms with E-state index in [0.29, 0.717) is 18.2 Å². The molecule has 0 aliphatic heterocycles. The second-order valence-electron chi connectivity index (χ2n) is 5.57. The Balaban J connectivity index is 2.03.